The smallest absolute Gasteiger partial charge is 0.368 e. The monoisotopic (exact) mass is 453 g/mol. The number of benzene rings is 1. The number of hydrogen-bond donors (Lipinski definition) is 0. The van der Waals surface area contributed by atoms with Crippen molar-refractivity contribution in [3.8, 4) is 0 Å². The fourth-order valence-corrected chi connectivity index (χ4v) is 3.20. The van der Waals surface area contributed by atoms with E-state index in [1.165, 1.54) is 4.90 Å². The molecular weight excluding hydrogens is 440 g/mol. The number of halogens is 7. The molecule has 0 radical (unpaired) electrons. The maximum atomic E-state index is 13.3. The molecule has 0 aliphatic carbocycles. The first kappa shape index (κ1) is 19.8. The second-order valence-electron chi connectivity index (χ2n) is 6.01. The third kappa shape index (κ3) is 4.48. The summed E-state index contributed by atoms with van der Waals surface area (Å²) >= 11 is 3.34. The van der Waals surface area contributed by atoms with Gasteiger partial charge in [-0.25, -0.2) is 4.98 Å². The van der Waals surface area contributed by atoms with Gasteiger partial charge in [0, 0.05) is 36.3 Å². The first-order valence-electron chi connectivity index (χ1n) is 7.96. The van der Waals surface area contributed by atoms with E-state index in [1.807, 2.05) is 29.2 Å². The van der Waals surface area contributed by atoms with E-state index < -0.39 is 23.7 Å². The Morgan fingerprint density at radius 2 is 1.30 bits per heavy atom. The van der Waals surface area contributed by atoms with Crippen molar-refractivity contribution >= 4 is 27.3 Å². The number of aromatic nitrogens is 1. The van der Waals surface area contributed by atoms with E-state index in [2.05, 4.69) is 20.9 Å². The molecule has 146 valence electrons. The van der Waals surface area contributed by atoms with E-state index in [4.69, 9.17) is 0 Å². The average Bonchev–Trinajstić information content (AvgIpc) is 2.60. The van der Waals surface area contributed by atoms with Gasteiger partial charge in [0.15, 0.2) is 5.69 Å². The first-order valence-corrected chi connectivity index (χ1v) is 8.76. The predicted octanol–water partition coefficient (Wildman–Crippen LogP) is 5.21. The van der Waals surface area contributed by atoms with Crippen molar-refractivity contribution in [3.63, 3.8) is 0 Å². The van der Waals surface area contributed by atoms with Crippen LogP contribution in [0.4, 0.5) is 37.7 Å². The number of nitrogens with zero attached hydrogens (tertiary/aromatic N) is 3. The zero-order chi connectivity index (χ0) is 19.8. The molecule has 3 nitrogen and oxygen atoms in total. The van der Waals surface area contributed by atoms with E-state index in [0.29, 0.717) is 19.2 Å². The minimum absolute atomic E-state index is 0.242. The lowest BCUT2D eigenvalue weighted by Gasteiger charge is -2.38. The summed E-state index contributed by atoms with van der Waals surface area (Å²) in [5, 5.41) is 0. The SMILES string of the molecule is FC(F)(F)c1ccc(N2CCN(c3ccc(Br)cc3)CC2)c(C(F)(F)F)n1. The minimum Gasteiger partial charge on any atom is -0.368 e. The molecule has 1 saturated heterocycles. The van der Waals surface area contributed by atoms with Crippen LogP contribution in [0.3, 0.4) is 0 Å². The summed E-state index contributed by atoms with van der Waals surface area (Å²) in [4.78, 5) is 6.30. The quantitative estimate of drug-likeness (QED) is 0.582. The Morgan fingerprint density at radius 1 is 0.741 bits per heavy atom. The van der Waals surface area contributed by atoms with Gasteiger partial charge in [0.05, 0.1) is 5.69 Å². The highest BCUT2D eigenvalue weighted by Crippen LogP contribution is 2.38. The number of pyridine rings is 1. The fourth-order valence-electron chi connectivity index (χ4n) is 2.93. The third-order valence-electron chi connectivity index (χ3n) is 4.25. The standard InChI is InChI=1S/C17H14BrF6N3/c18-11-1-3-12(4-2-11)26-7-9-27(10-8-26)13-5-6-14(16(19,20)21)25-15(13)17(22,23)24/h1-6H,7-10H2. The van der Waals surface area contributed by atoms with Gasteiger partial charge in [-0.05, 0) is 36.4 Å². The van der Waals surface area contributed by atoms with Crippen molar-refractivity contribution < 1.29 is 26.3 Å². The number of anilines is 2. The highest BCUT2D eigenvalue weighted by molar-refractivity contribution is 9.10. The Hall–Kier alpha value is -1.97. The van der Waals surface area contributed by atoms with E-state index in [-0.39, 0.29) is 18.8 Å². The second kappa shape index (κ2) is 7.21. The van der Waals surface area contributed by atoms with Crippen LogP contribution in [0.5, 0.6) is 0 Å². The van der Waals surface area contributed by atoms with Crippen LogP contribution in [0.1, 0.15) is 11.4 Å². The van der Waals surface area contributed by atoms with Crippen LogP contribution in [-0.2, 0) is 12.4 Å². The molecule has 10 heteroatoms. The summed E-state index contributed by atoms with van der Waals surface area (Å²) < 4.78 is 79.0. The summed E-state index contributed by atoms with van der Waals surface area (Å²) in [5.74, 6) is 0. The van der Waals surface area contributed by atoms with E-state index in [0.717, 1.165) is 16.2 Å². The molecule has 0 amide bonds. The van der Waals surface area contributed by atoms with Gasteiger partial charge in [-0.15, -0.1) is 0 Å². The normalized spacial score (nSPS) is 16.0. The lowest BCUT2D eigenvalue weighted by atomic mass is 10.2. The van der Waals surface area contributed by atoms with Crippen molar-refractivity contribution in [2.75, 3.05) is 36.0 Å². The largest absolute Gasteiger partial charge is 0.435 e. The van der Waals surface area contributed by atoms with Crippen LogP contribution < -0.4 is 9.80 Å². The Bertz CT molecular complexity index is 796. The second-order valence-corrected chi connectivity index (χ2v) is 6.93. The molecule has 0 N–H and O–H groups in total. The third-order valence-corrected chi connectivity index (χ3v) is 4.77. The minimum atomic E-state index is -4.97. The van der Waals surface area contributed by atoms with E-state index >= 15 is 0 Å². The predicted molar refractivity (Wildman–Crippen MR) is 92.8 cm³/mol. The fraction of sp³-hybridized carbons (Fsp3) is 0.353. The molecular formula is C17H14BrF6N3. The van der Waals surface area contributed by atoms with Crippen LogP contribution in [-0.4, -0.2) is 31.2 Å². The summed E-state index contributed by atoms with van der Waals surface area (Å²) in [6.45, 7) is 1.37. The number of rotatable bonds is 2. The summed E-state index contributed by atoms with van der Waals surface area (Å²) in [5.41, 5.74) is -2.45. The van der Waals surface area contributed by atoms with Gasteiger partial charge < -0.3 is 9.80 Å². The average molecular weight is 454 g/mol. The summed E-state index contributed by atoms with van der Waals surface area (Å²) in [7, 11) is 0. The number of hydrogen-bond acceptors (Lipinski definition) is 3. The molecule has 0 bridgehead atoms. The highest BCUT2D eigenvalue weighted by atomic mass is 79.9. The number of piperazine rings is 1. The zero-order valence-electron chi connectivity index (χ0n) is 13.8. The van der Waals surface area contributed by atoms with Crippen molar-refractivity contribution in [1.82, 2.24) is 4.98 Å². The molecule has 1 aromatic carbocycles. The summed E-state index contributed by atoms with van der Waals surface area (Å²) in [6, 6.07) is 8.95. The molecule has 0 atom stereocenters. The van der Waals surface area contributed by atoms with Gasteiger partial charge in [-0.3, -0.25) is 0 Å². The molecule has 0 unspecified atom stereocenters. The Labute approximate surface area is 159 Å². The molecule has 3 rings (SSSR count). The zero-order valence-corrected chi connectivity index (χ0v) is 15.4. The van der Waals surface area contributed by atoms with Gasteiger partial charge in [0.1, 0.15) is 5.69 Å². The van der Waals surface area contributed by atoms with Gasteiger partial charge in [-0.1, -0.05) is 15.9 Å². The molecule has 0 saturated carbocycles. The van der Waals surface area contributed by atoms with Gasteiger partial charge in [-0.2, -0.15) is 26.3 Å². The van der Waals surface area contributed by atoms with Gasteiger partial charge in [0.2, 0.25) is 0 Å². The van der Waals surface area contributed by atoms with Gasteiger partial charge in [0.25, 0.3) is 0 Å². The molecule has 1 aliphatic heterocycles. The molecule has 1 aliphatic rings. The maximum Gasteiger partial charge on any atom is 0.435 e. The molecule has 1 fully saturated rings. The number of alkyl halides is 6. The molecule has 27 heavy (non-hydrogen) atoms. The van der Waals surface area contributed by atoms with Crippen LogP contribution in [0, 0.1) is 0 Å². The molecule has 2 aromatic rings. The summed E-state index contributed by atoms with van der Waals surface area (Å²) in [6.07, 6.45) is -9.90. The van der Waals surface area contributed by atoms with E-state index in [9.17, 15) is 26.3 Å². The Balaban J connectivity index is 1.82. The van der Waals surface area contributed by atoms with Crippen LogP contribution in [0.15, 0.2) is 40.9 Å². The molecule has 1 aromatic heterocycles. The van der Waals surface area contributed by atoms with Crippen LogP contribution in [0.25, 0.3) is 0 Å². The highest BCUT2D eigenvalue weighted by Gasteiger charge is 2.41. The van der Waals surface area contributed by atoms with Crippen LogP contribution in [0.2, 0.25) is 0 Å². The van der Waals surface area contributed by atoms with Crippen molar-refractivity contribution in [2.24, 2.45) is 0 Å². The first-order chi connectivity index (χ1) is 12.6. The maximum absolute atomic E-state index is 13.3. The lowest BCUT2D eigenvalue weighted by Crippen LogP contribution is -2.47. The topological polar surface area (TPSA) is 19.4 Å². The van der Waals surface area contributed by atoms with Gasteiger partial charge >= 0.3 is 12.4 Å². The van der Waals surface area contributed by atoms with Crippen molar-refractivity contribution in [3.05, 3.63) is 52.3 Å². The Morgan fingerprint density at radius 3 is 1.81 bits per heavy atom. The lowest BCUT2D eigenvalue weighted by molar-refractivity contribution is -0.149. The van der Waals surface area contributed by atoms with Crippen molar-refractivity contribution in [2.45, 2.75) is 12.4 Å². The Kier molecular flexibility index (Phi) is 5.29. The van der Waals surface area contributed by atoms with E-state index in [1.54, 1.807) is 0 Å². The molecule has 0 spiro atoms. The van der Waals surface area contributed by atoms with Crippen LogP contribution >= 0.6 is 15.9 Å². The van der Waals surface area contributed by atoms with Crippen molar-refractivity contribution in [1.29, 1.82) is 0 Å². The molecule has 2 heterocycles.